The molecule has 0 aromatic heterocycles. The van der Waals surface area contributed by atoms with Crippen LogP contribution in [0.4, 0.5) is 0 Å². The molecule has 27 heavy (non-hydrogen) atoms. The number of ether oxygens (including phenoxy) is 1. The lowest BCUT2D eigenvalue weighted by Gasteiger charge is -2.14. The second-order valence-electron chi connectivity index (χ2n) is 6.48. The quantitative estimate of drug-likeness (QED) is 0.608. The van der Waals surface area contributed by atoms with E-state index in [1.165, 1.54) is 0 Å². The number of hydrogen-bond acceptors (Lipinski definition) is 3. The van der Waals surface area contributed by atoms with Gasteiger partial charge in [0.05, 0.1) is 7.11 Å². The molecule has 0 atom stereocenters. The number of carbonyl (C=O) groups excluding carboxylic acids is 1. The Morgan fingerprint density at radius 1 is 1.04 bits per heavy atom. The smallest absolute Gasteiger partial charge is 0.253 e. The first-order chi connectivity index (χ1) is 12.9. The van der Waals surface area contributed by atoms with Crippen LogP contribution in [0.5, 0.6) is 5.75 Å². The van der Waals surface area contributed by atoms with Gasteiger partial charge in [0, 0.05) is 39.8 Å². The van der Waals surface area contributed by atoms with E-state index in [1.54, 1.807) is 33.2 Å². The number of aliphatic imine (C=N–C) groups is 1. The number of amides is 1. The van der Waals surface area contributed by atoms with Crippen LogP contribution in [0.3, 0.4) is 0 Å². The van der Waals surface area contributed by atoms with E-state index < -0.39 is 0 Å². The van der Waals surface area contributed by atoms with Crippen molar-refractivity contribution in [2.24, 2.45) is 4.99 Å². The van der Waals surface area contributed by atoms with Crippen LogP contribution in [0.15, 0.2) is 47.5 Å². The van der Waals surface area contributed by atoms with Gasteiger partial charge in [-0.15, -0.1) is 0 Å². The van der Waals surface area contributed by atoms with Gasteiger partial charge in [0.25, 0.3) is 5.91 Å². The van der Waals surface area contributed by atoms with E-state index in [4.69, 9.17) is 4.74 Å². The average molecular weight is 368 g/mol. The number of aryl methyl sites for hydroxylation is 1. The third-order valence-electron chi connectivity index (χ3n) is 4.21. The fourth-order valence-corrected chi connectivity index (χ4v) is 2.67. The number of nitrogens with zero attached hydrogens (tertiary/aromatic N) is 2. The second-order valence-corrected chi connectivity index (χ2v) is 6.48. The molecule has 0 bridgehead atoms. The Morgan fingerprint density at radius 3 is 2.15 bits per heavy atom. The molecule has 1 amide bonds. The lowest BCUT2D eigenvalue weighted by atomic mass is 10.1. The largest absolute Gasteiger partial charge is 0.496 e. The van der Waals surface area contributed by atoms with Crippen molar-refractivity contribution >= 4 is 11.9 Å². The molecule has 2 aromatic carbocycles. The summed E-state index contributed by atoms with van der Waals surface area (Å²) >= 11 is 0. The summed E-state index contributed by atoms with van der Waals surface area (Å²) in [5.41, 5.74) is 4.02. The molecular formula is C21H28N4O2. The molecule has 0 fully saturated rings. The molecule has 6 heteroatoms. The minimum absolute atomic E-state index is 0.00164. The molecular weight excluding hydrogens is 340 g/mol. The summed E-state index contributed by atoms with van der Waals surface area (Å²) in [7, 11) is 6.91. The Bertz CT molecular complexity index is 798. The molecule has 0 radical (unpaired) electrons. The zero-order chi connectivity index (χ0) is 19.8. The average Bonchev–Trinajstić information content (AvgIpc) is 2.68. The summed E-state index contributed by atoms with van der Waals surface area (Å²) in [4.78, 5) is 17.7. The summed E-state index contributed by atoms with van der Waals surface area (Å²) in [5.74, 6) is 1.61. The van der Waals surface area contributed by atoms with Crippen LogP contribution >= 0.6 is 0 Å². The van der Waals surface area contributed by atoms with Crippen molar-refractivity contribution in [3.05, 3.63) is 64.7 Å². The number of nitrogens with one attached hydrogen (secondary N) is 2. The lowest BCUT2D eigenvalue weighted by Crippen LogP contribution is -2.36. The zero-order valence-corrected chi connectivity index (χ0v) is 16.7. The Balaban J connectivity index is 1.88. The first-order valence-electron chi connectivity index (χ1n) is 8.83. The summed E-state index contributed by atoms with van der Waals surface area (Å²) in [6.07, 6.45) is 0. The van der Waals surface area contributed by atoms with E-state index in [1.807, 2.05) is 43.3 Å². The number of rotatable bonds is 6. The van der Waals surface area contributed by atoms with Crippen molar-refractivity contribution in [1.82, 2.24) is 15.5 Å². The normalized spacial score (nSPS) is 11.1. The number of carbonyl (C=O) groups is 1. The number of hydrogen-bond donors (Lipinski definition) is 2. The van der Waals surface area contributed by atoms with Crippen LogP contribution in [-0.4, -0.2) is 45.0 Å². The molecule has 144 valence electrons. The van der Waals surface area contributed by atoms with Crippen LogP contribution in [0.25, 0.3) is 0 Å². The second kappa shape index (κ2) is 9.62. The van der Waals surface area contributed by atoms with Crippen molar-refractivity contribution in [2.75, 3.05) is 28.3 Å². The van der Waals surface area contributed by atoms with Crippen LogP contribution in [-0.2, 0) is 13.1 Å². The van der Waals surface area contributed by atoms with E-state index in [-0.39, 0.29) is 5.91 Å². The van der Waals surface area contributed by atoms with E-state index in [2.05, 4.69) is 21.7 Å². The van der Waals surface area contributed by atoms with Gasteiger partial charge in [-0.25, -0.2) is 0 Å². The van der Waals surface area contributed by atoms with Gasteiger partial charge >= 0.3 is 0 Å². The fraction of sp³-hybridized carbons (Fsp3) is 0.333. The van der Waals surface area contributed by atoms with Crippen LogP contribution in [0.2, 0.25) is 0 Å². The molecule has 6 nitrogen and oxygen atoms in total. The molecule has 0 unspecified atom stereocenters. The van der Waals surface area contributed by atoms with E-state index in [0.29, 0.717) is 18.7 Å². The first kappa shape index (κ1) is 20.3. The van der Waals surface area contributed by atoms with Gasteiger partial charge in [0.2, 0.25) is 0 Å². The number of benzene rings is 2. The number of guanidine groups is 1. The van der Waals surface area contributed by atoms with E-state index in [0.717, 1.165) is 28.4 Å². The van der Waals surface area contributed by atoms with Crippen molar-refractivity contribution in [1.29, 1.82) is 0 Å². The zero-order valence-electron chi connectivity index (χ0n) is 16.7. The minimum atomic E-state index is 0.00164. The van der Waals surface area contributed by atoms with Gasteiger partial charge in [-0.05, 0) is 41.8 Å². The maximum absolute atomic E-state index is 11.9. The third kappa shape index (κ3) is 5.74. The highest BCUT2D eigenvalue weighted by atomic mass is 16.5. The fourth-order valence-electron chi connectivity index (χ4n) is 2.67. The summed E-state index contributed by atoms with van der Waals surface area (Å²) in [6.45, 7) is 3.32. The van der Waals surface area contributed by atoms with Crippen LogP contribution in [0.1, 0.15) is 27.0 Å². The summed E-state index contributed by atoms with van der Waals surface area (Å²) in [6, 6.07) is 13.7. The molecule has 0 heterocycles. The molecule has 2 rings (SSSR count). The topological polar surface area (TPSA) is 66.0 Å². The van der Waals surface area contributed by atoms with Gasteiger partial charge in [-0.1, -0.05) is 24.3 Å². The predicted molar refractivity (Wildman–Crippen MR) is 109 cm³/mol. The highest BCUT2D eigenvalue weighted by Gasteiger charge is 2.07. The first-order valence-corrected chi connectivity index (χ1v) is 8.83. The highest BCUT2D eigenvalue weighted by Crippen LogP contribution is 2.18. The van der Waals surface area contributed by atoms with Gasteiger partial charge in [0.1, 0.15) is 5.75 Å². The molecule has 0 saturated carbocycles. The Morgan fingerprint density at radius 2 is 1.63 bits per heavy atom. The van der Waals surface area contributed by atoms with Crippen molar-refractivity contribution in [2.45, 2.75) is 20.0 Å². The lowest BCUT2D eigenvalue weighted by molar-refractivity contribution is 0.0827. The van der Waals surface area contributed by atoms with Gasteiger partial charge in [0.15, 0.2) is 5.96 Å². The molecule has 0 aliphatic heterocycles. The predicted octanol–water partition coefficient (Wildman–Crippen LogP) is 2.57. The van der Waals surface area contributed by atoms with E-state index in [9.17, 15) is 4.79 Å². The molecule has 0 aliphatic rings. The Hall–Kier alpha value is -3.02. The standard InChI is InChI=1S/C21H28N4O2/c1-15-12-17(8-11-19(15)27-5)14-24-21(22-2)23-13-16-6-9-18(10-7-16)20(26)25(3)4/h6-12H,13-14H2,1-5H3,(H2,22,23,24). The van der Waals surface area contributed by atoms with Gasteiger partial charge < -0.3 is 20.3 Å². The third-order valence-corrected chi connectivity index (χ3v) is 4.21. The van der Waals surface area contributed by atoms with Gasteiger partial charge in [-0.2, -0.15) is 0 Å². The SMILES string of the molecule is CN=C(NCc1ccc(C(=O)N(C)C)cc1)NCc1ccc(OC)c(C)c1. The summed E-state index contributed by atoms with van der Waals surface area (Å²) < 4.78 is 5.29. The summed E-state index contributed by atoms with van der Waals surface area (Å²) in [5, 5.41) is 6.59. The maximum Gasteiger partial charge on any atom is 0.253 e. The molecule has 0 saturated heterocycles. The monoisotopic (exact) mass is 368 g/mol. The molecule has 0 spiro atoms. The Labute approximate surface area is 161 Å². The van der Waals surface area contributed by atoms with Crippen molar-refractivity contribution < 1.29 is 9.53 Å². The van der Waals surface area contributed by atoms with Crippen molar-refractivity contribution in [3.8, 4) is 5.75 Å². The molecule has 2 N–H and O–H groups in total. The van der Waals surface area contributed by atoms with Gasteiger partial charge in [-0.3, -0.25) is 9.79 Å². The molecule has 2 aromatic rings. The number of methoxy groups -OCH3 is 1. The minimum Gasteiger partial charge on any atom is -0.496 e. The highest BCUT2D eigenvalue weighted by molar-refractivity contribution is 5.93. The Kier molecular flexibility index (Phi) is 7.23. The van der Waals surface area contributed by atoms with Crippen molar-refractivity contribution in [3.63, 3.8) is 0 Å². The molecule has 0 aliphatic carbocycles. The van der Waals surface area contributed by atoms with Crippen LogP contribution < -0.4 is 15.4 Å². The maximum atomic E-state index is 11.9. The van der Waals surface area contributed by atoms with E-state index >= 15 is 0 Å². The van der Waals surface area contributed by atoms with Crippen LogP contribution in [0, 0.1) is 6.92 Å².